The van der Waals surface area contributed by atoms with Crippen LogP contribution in [0.25, 0.3) is 10.8 Å². The van der Waals surface area contributed by atoms with Crippen LogP contribution in [0.2, 0.25) is 0 Å². The Labute approximate surface area is 136 Å². The number of hydrogen-bond donors (Lipinski definition) is 0. The van der Waals surface area contributed by atoms with E-state index in [9.17, 15) is 9.59 Å². The van der Waals surface area contributed by atoms with Gasteiger partial charge in [-0.1, -0.05) is 36.4 Å². The molecule has 1 atom stereocenters. The molecule has 1 heterocycles. The summed E-state index contributed by atoms with van der Waals surface area (Å²) in [5, 5.41) is 2.18. The third-order valence-corrected chi connectivity index (χ3v) is 3.93. The van der Waals surface area contributed by atoms with E-state index in [1.165, 1.54) is 4.90 Å². The van der Waals surface area contributed by atoms with Crippen LogP contribution in [0, 0.1) is 0 Å². The molecule has 1 saturated heterocycles. The first-order valence-corrected chi connectivity index (χ1v) is 7.86. The number of nitrogens with zero attached hydrogens (tertiary/aromatic N) is 1. The lowest BCUT2D eigenvalue weighted by atomic mass is 9.99. The summed E-state index contributed by atoms with van der Waals surface area (Å²) in [5.41, 5.74) is 0.272. The lowest BCUT2D eigenvalue weighted by molar-refractivity contribution is -0.120. The Kier molecular flexibility index (Phi) is 3.84. The second kappa shape index (κ2) is 5.69. The molecule has 0 saturated carbocycles. The van der Waals surface area contributed by atoms with Crippen LogP contribution in [0.3, 0.4) is 0 Å². The highest BCUT2D eigenvalue weighted by atomic mass is 16.6. The number of fused-ring (bicyclic) bond motifs is 1. The smallest absolute Gasteiger partial charge is 0.411 e. The highest BCUT2D eigenvalue weighted by molar-refractivity contribution is 5.93. The van der Waals surface area contributed by atoms with Gasteiger partial charge in [-0.05, 0) is 43.2 Å². The third-order valence-electron chi connectivity index (χ3n) is 3.93. The van der Waals surface area contributed by atoms with E-state index in [-0.39, 0.29) is 5.78 Å². The summed E-state index contributed by atoms with van der Waals surface area (Å²) < 4.78 is 5.44. The number of carbonyl (C=O) groups excluding carboxylic acids is 2. The van der Waals surface area contributed by atoms with Crippen LogP contribution in [0.4, 0.5) is 4.79 Å². The fourth-order valence-electron chi connectivity index (χ4n) is 2.93. The highest BCUT2D eigenvalue weighted by Crippen LogP contribution is 2.32. The van der Waals surface area contributed by atoms with Gasteiger partial charge in [0.25, 0.3) is 0 Å². The minimum Gasteiger partial charge on any atom is -0.444 e. The van der Waals surface area contributed by atoms with Gasteiger partial charge in [-0.25, -0.2) is 4.79 Å². The number of ketones is 1. The number of benzene rings is 2. The van der Waals surface area contributed by atoms with E-state index < -0.39 is 17.7 Å². The van der Waals surface area contributed by atoms with Crippen LogP contribution in [0.5, 0.6) is 0 Å². The molecule has 2 aromatic rings. The predicted molar refractivity (Wildman–Crippen MR) is 89.3 cm³/mol. The number of carbonyl (C=O) groups is 2. The van der Waals surface area contributed by atoms with E-state index in [2.05, 4.69) is 0 Å². The van der Waals surface area contributed by atoms with Gasteiger partial charge in [0.1, 0.15) is 11.6 Å². The SMILES string of the molecule is CC(C)(C)OC(=O)N1CCC(=O)C1c1ccc2ccccc2c1. The van der Waals surface area contributed by atoms with Gasteiger partial charge in [0, 0.05) is 13.0 Å². The zero-order chi connectivity index (χ0) is 16.6. The van der Waals surface area contributed by atoms with Crippen molar-refractivity contribution in [1.29, 1.82) is 0 Å². The molecular weight excluding hydrogens is 290 g/mol. The molecule has 1 amide bonds. The van der Waals surface area contributed by atoms with Crippen molar-refractivity contribution in [1.82, 2.24) is 4.90 Å². The standard InChI is InChI=1S/C19H21NO3/c1-19(2,3)23-18(22)20-11-10-16(21)17(20)15-9-8-13-6-4-5-7-14(13)12-15/h4-9,12,17H,10-11H2,1-3H3. The molecule has 0 aromatic heterocycles. The predicted octanol–water partition coefficient (Wildman–Crippen LogP) is 4.09. The largest absolute Gasteiger partial charge is 0.444 e. The van der Waals surface area contributed by atoms with Gasteiger partial charge in [0.05, 0.1) is 0 Å². The van der Waals surface area contributed by atoms with E-state index in [0.29, 0.717) is 13.0 Å². The van der Waals surface area contributed by atoms with Crippen LogP contribution in [0.1, 0.15) is 38.8 Å². The van der Waals surface area contributed by atoms with Crippen LogP contribution < -0.4 is 0 Å². The molecule has 1 aliphatic rings. The van der Waals surface area contributed by atoms with Crippen molar-refractivity contribution in [2.45, 2.75) is 38.8 Å². The van der Waals surface area contributed by atoms with Crippen molar-refractivity contribution in [3.05, 3.63) is 48.0 Å². The fraction of sp³-hybridized carbons (Fsp3) is 0.368. The molecule has 0 N–H and O–H groups in total. The Morgan fingerprint density at radius 2 is 1.83 bits per heavy atom. The second-order valence-corrected chi connectivity index (χ2v) is 6.90. The molecule has 4 nitrogen and oxygen atoms in total. The Morgan fingerprint density at radius 3 is 2.52 bits per heavy atom. The maximum atomic E-state index is 12.4. The summed E-state index contributed by atoms with van der Waals surface area (Å²) >= 11 is 0. The molecule has 0 radical (unpaired) electrons. The maximum Gasteiger partial charge on any atom is 0.411 e. The van der Waals surface area contributed by atoms with Crippen molar-refractivity contribution in [3.63, 3.8) is 0 Å². The minimum atomic E-state index is -0.573. The molecule has 0 spiro atoms. The van der Waals surface area contributed by atoms with Gasteiger partial charge in [-0.2, -0.15) is 0 Å². The second-order valence-electron chi connectivity index (χ2n) is 6.90. The summed E-state index contributed by atoms with van der Waals surface area (Å²) in [7, 11) is 0. The molecule has 3 rings (SSSR count). The van der Waals surface area contributed by atoms with Gasteiger partial charge in [0.15, 0.2) is 5.78 Å². The van der Waals surface area contributed by atoms with Crippen LogP contribution in [-0.2, 0) is 9.53 Å². The first-order chi connectivity index (χ1) is 10.8. The number of rotatable bonds is 1. The summed E-state index contributed by atoms with van der Waals surface area (Å²) in [6.07, 6.45) is -0.0574. The number of Topliss-reactive ketones (excluding diaryl/α,β-unsaturated/α-hetero) is 1. The Hall–Kier alpha value is -2.36. The summed E-state index contributed by atoms with van der Waals surface area (Å²) in [5.74, 6) is 0.0612. The van der Waals surface area contributed by atoms with Crippen molar-refractivity contribution in [3.8, 4) is 0 Å². The van der Waals surface area contributed by atoms with Gasteiger partial charge in [0.2, 0.25) is 0 Å². The Bertz CT molecular complexity index is 761. The lowest BCUT2D eigenvalue weighted by Gasteiger charge is -2.28. The van der Waals surface area contributed by atoms with E-state index in [1.807, 2.05) is 63.2 Å². The number of hydrogen-bond acceptors (Lipinski definition) is 3. The first kappa shape index (κ1) is 15.5. The monoisotopic (exact) mass is 311 g/mol. The van der Waals surface area contributed by atoms with E-state index >= 15 is 0 Å². The van der Waals surface area contributed by atoms with Crippen LogP contribution in [0.15, 0.2) is 42.5 Å². The van der Waals surface area contributed by atoms with Crippen LogP contribution in [-0.4, -0.2) is 28.9 Å². The highest BCUT2D eigenvalue weighted by Gasteiger charge is 2.38. The summed E-state index contributed by atoms with van der Waals surface area (Å²) in [4.78, 5) is 26.3. The van der Waals surface area contributed by atoms with Gasteiger partial charge in [-0.15, -0.1) is 0 Å². The summed E-state index contributed by atoms with van der Waals surface area (Å²) in [6.45, 7) is 5.89. The van der Waals surface area contributed by atoms with E-state index in [1.54, 1.807) is 0 Å². The third kappa shape index (κ3) is 3.21. The molecule has 0 aliphatic carbocycles. The summed E-state index contributed by atoms with van der Waals surface area (Å²) in [6, 6.07) is 13.3. The number of ether oxygens (including phenoxy) is 1. The molecule has 2 aromatic carbocycles. The Morgan fingerprint density at radius 1 is 1.13 bits per heavy atom. The Balaban J connectivity index is 1.93. The van der Waals surface area contributed by atoms with Crippen LogP contribution >= 0.6 is 0 Å². The quantitative estimate of drug-likeness (QED) is 0.797. The average molecular weight is 311 g/mol. The zero-order valence-corrected chi connectivity index (χ0v) is 13.7. The number of amides is 1. The molecule has 1 aliphatic heterocycles. The lowest BCUT2D eigenvalue weighted by Crippen LogP contribution is -2.37. The van der Waals surface area contributed by atoms with Crippen molar-refractivity contribution < 1.29 is 14.3 Å². The molecule has 23 heavy (non-hydrogen) atoms. The fourth-order valence-corrected chi connectivity index (χ4v) is 2.93. The van der Waals surface area contributed by atoms with Gasteiger partial charge >= 0.3 is 6.09 Å². The van der Waals surface area contributed by atoms with Gasteiger partial charge < -0.3 is 4.74 Å². The topological polar surface area (TPSA) is 46.6 Å². The zero-order valence-electron chi connectivity index (χ0n) is 13.7. The van der Waals surface area contributed by atoms with Crippen molar-refractivity contribution in [2.75, 3.05) is 6.54 Å². The normalized spacial score (nSPS) is 18.5. The number of likely N-dealkylation sites (tertiary alicyclic amines) is 1. The van der Waals surface area contributed by atoms with Crippen molar-refractivity contribution in [2.24, 2.45) is 0 Å². The molecule has 1 fully saturated rings. The van der Waals surface area contributed by atoms with Gasteiger partial charge in [-0.3, -0.25) is 9.69 Å². The molecule has 120 valence electrons. The van der Waals surface area contributed by atoms with E-state index in [0.717, 1.165) is 16.3 Å². The van der Waals surface area contributed by atoms with Crippen molar-refractivity contribution >= 4 is 22.6 Å². The average Bonchev–Trinajstić information content (AvgIpc) is 2.87. The minimum absolute atomic E-state index is 0.0612. The molecule has 0 bridgehead atoms. The first-order valence-electron chi connectivity index (χ1n) is 7.86. The maximum absolute atomic E-state index is 12.4. The van der Waals surface area contributed by atoms with E-state index in [4.69, 9.17) is 4.74 Å². The molecular formula is C19H21NO3. The molecule has 1 unspecified atom stereocenters. The molecule has 4 heteroatoms.